The Morgan fingerprint density at radius 3 is 2.67 bits per heavy atom. The topological polar surface area (TPSA) is 47.6 Å². The summed E-state index contributed by atoms with van der Waals surface area (Å²) in [4.78, 5) is 4.71. The summed E-state index contributed by atoms with van der Waals surface area (Å²) >= 11 is 0. The van der Waals surface area contributed by atoms with Crippen molar-refractivity contribution in [2.75, 3.05) is 6.61 Å². The summed E-state index contributed by atoms with van der Waals surface area (Å²) in [6.07, 6.45) is 1.84. The quantitative estimate of drug-likeness (QED) is 0.352. The van der Waals surface area contributed by atoms with Crippen LogP contribution in [0, 0.1) is 0 Å². The van der Waals surface area contributed by atoms with E-state index in [0.29, 0.717) is 12.4 Å². The molecule has 0 saturated heterocycles. The molecule has 0 radical (unpaired) electrons. The summed E-state index contributed by atoms with van der Waals surface area (Å²) in [5.74, 6) is 0.583. The maximum Gasteiger partial charge on any atom is 0.139 e. The minimum absolute atomic E-state index is 0.583. The van der Waals surface area contributed by atoms with Crippen LogP contribution >= 0.6 is 0 Å². The number of amidine groups is 1. The molecule has 0 fully saturated rings. The Morgan fingerprint density at radius 2 is 2.22 bits per heavy atom. The third-order valence-electron chi connectivity index (χ3n) is 0.817. The van der Waals surface area contributed by atoms with E-state index in [4.69, 9.17) is 10.6 Å². The van der Waals surface area contributed by atoms with Gasteiger partial charge in [-0.1, -0.05) is 12.1 Å². The Kier molecular flexibility index (Phi) is 4.97. The number of nitrogens with zero attached hydrogens (tertiary/aromatic N) is 1. The number of hydrogen-bond donors (Lipinski definition) is 1. The highest BCUT2D eigenvalue weighted by atomic mass is 16.6. The summed E-state index contributed by atoms with van der Waals surface area (Å²) in [6.45, 7) is 4.52. The van der Waals surface area contributed by atoms with Crippen LogP contribution in [0.1, 0.15) is 26.7 Å². The fourth-order valence-corrected chi connectivity index (χ4v) is 0.449. The minimum atomic E-state index is 0.583. The van der Waals surface area contributed by atoms with Crippen LogP contribution in [0.3, 0.4) is 0 Å². The Bertz CT molecular complexity index is 91.1. The van der Waals surface area contributed by atoms with Gasteiger partial charge >= 0.3 is 0 Å². The summed E-state index contributed by atoms with van der Waals surface area (Å²) in [5.41, 5.74) is 5.40. The first-order valence-corrected chi connectivity index (χ1v) is 3.25. The van der Waals surface area contributed by atoms with Crippen LogP contribution in [0.5, 0.6) is 0 Å². The number of rotatable bonds is 4. The first kappa shape index (κ1) is 8.27. The van der Waals surface area contributed by atoms with Gasteiger partial charge in [-0.2, -0.15) is 0 Å². The molecule has 3 nitrogen and oxygen atoms in total. The van der Waals surface area contributed by atoms with Crippen molar-refractivity contribution in [3.8, 4) is 0 Å². The molecule has 0 atom stereocenters. The van der Waals surface area contributed by atoms with Gasteiger partial charge in [-0.25, -0.2) is 0 Å². The first-order chi connectivity index (χ1) is 4.31. The van der Waals surface area contributed by atoms with Gasteiger partial charge in [0.2, 0.25) is 0 Å². The number of hydrogen-bond acceptors (Lipinski definition) is 2. The van der Waals surface area contributed by atoms with Gasteiger partial charge in [-0.3, -0.25) is 0 Å². The molecule has 9 heavy (non-hydrogen) atoms. The highest BCUT2D eigenvalue weighted by molar-refractivity contribution is 5.79. The van der Waals surface area contributed by atoms with E-state index in [1.807, 2.05) is 13.8 Å². The molecule has 0 unspecified atom stereocenters. The molecule has 0 aliphatic rings. The molecule has 0 spiro atoms. The SMILES string of the molecule is CCC/C(N)=N/OCC. The van der Waals surface area contributed by atoms with Gasteiger partial charge in [0.1, 0.15) is 12.4 Å². The van der Waals surface area contributed by atoms with Crippen molar-refractivity contribution in [2.45, 2.75) is 26.7 Å². The van der Waals surface area contributed by atoms with Crippen molar-refractivity contribution in [2.24, 2.45) is 10.9 Å². The van der Waals surface area contributed by atoms with Crippen molar-refractivity contribution in [3.05, 3.63) is 0 Å². The molecule has 0 bridgehead atoms. The summed E-state index contributed by atoms with van der Waals surface area (Å²) < 4.78 is 0. The second-order valence-corrected chi connectivity index (χ2v) is 1.75. The van der Waals surface area contributed by atoms with Crippen LogP contribution < -0.4 is 5.73 Å². The van der Waals surface area contributed by atoms with E-state index in [-0.39, 0.29) is 0 Å². The molecule has 0 aromatic carbocycles. The van der Waals surface area contributed by atoms with Gasteiger partial charge < -0.3 is 10.6 Å². The second kappa shape index (κ2) is 5.41. The molecule has 54 valence electrons. The van der Waals surface area contributed by atoms with E-state index in [1.165, 1.54) is 0 Å². The Balaban J connectivity index is 3.30. The van der Waals surface area contributed by atoms with E-state index in [1.54, 1.807) is 0 Å². The number of oxime groups is 1. The Hall–Kier alpha value is -0.730. The smallest absolute Gasteiger partial charge is 0.139 e. The fraction of sp³-hybridized carbons (Fsp3) is 0.833. The van der Waals surface area contributed by atoms with Crippen molar-refractivity contribution in [1.29, 1.82) is 0 Å². The third-order valence-corrected chi connectivity index (χ3v) is 0.817. The van der Waals surface area contributed by atoms with Crippen LogP contribution in [0.15, 0.2) is 5.16 Å². The zero-order valence-corrected chi connectivity index (χ0v) is 6.05. The molecule has 2 N–H and O–H groups in total. The predicted molar refractivity (Wildman–Crippen MR) is 38.2 cm³/mol. The molecule has 0 rings (SSSR count). The highest BCUT2D eigenvalue weighted by Crippen LogP contribution is 1.86. The van der Waals surface area contributed by atoms with Crippen LogP contribution in [-0.2, 0) is 4.84 Å². The van der Waals surface area contributed by atoms with Crippen molar-refractivity contribution >= 4 is 5.84 Å². The van der Waals surface area contributed by atoms with E-state index < -0.39 is 0 Å². The lowest BCUT2D eigenvalue weighted by Gasteiger charge is -1.95. The first-order valence-electron chi connectivity index (χ1n) is 3.25. The van der Waals surface area contributed by atoms with Crippen LogP contribution in [0.25, 0.3) is 0 Å². The average Bonchev–Trinajstić information content (AvgIpc) is 1.85. The molecular weight excluding hydrogens is 116 g/mol. The lowest BCUT2D eigenvalue weighted by Crippen LogP contribution is -2.11. The van der Waals surface area contributed by atoms with E-state index >= 15 is 0 Å². The summed E-state index contributed by atoms with van der Waals surface area (Å²) in [6, 6.07) is 0. The summed E-state index contributed by atoms with van der Waals surface area (Å²) in [5, 5.41) is 3.63. The zero-order chi connectivity index (χ0) is 7.11. The third kappa shape index (κ3) is 5.14. The maximum atomic E-state index is 5.40. The lowest BCUT2D eigenvalue weighted by atomic mass is 10.3. The van der Waals surface area contributed by atoms with Gasteiger partial charge in [0.25, 0.3) is 0 Å². The highest BCUT2D eigenvalue weighted by Gasteiger charge is 1.87. The molecule has 0 aliphatic heterocycles. The standard InChI is InChI=1S/C6H14N2O/c1-3-5-6(7)8-9-4-2/h3-5H2,1-2H3,(H2,7,8). The predicted octanol–water partition coefficient (Wildman–Crippen LogP) is 1.10. The van der Waals surface area contributed by atoms with Gasteiger partial charge in [0.15, 0.2) is 0 Å². The second-order valence-electron chi connectivity index (χ2n) is 1.75. The summed E-state index contributed by atoms with van der Waals surface area (Å²) in [7, 11) is 0. The Morgan fingerprint density at radius 1 is 1.56 bits per heavy atom. The van der Waals surface area contributed by atoms with E-state index in [9.17, 15) is 0 Å². The molecular formula is C6H14N2O. The molecule has 0 aromatic rings. The van der Waals surface area contributed by atoms with Crippen molar-refractivity contribution in [3.63, 3.8) is 0 Å². The van der Waals surface area contributed by atoms with Gasteiger partial charge in [0, 0.05) is 6.42 Å². The minimum Gasteiger partial charge on any atom is -0.395 e. The molecule has 0 saturated carbocycles. The molecule has 0 aliphatic carbocycles. The molecule has 0 aromatic heterocycles. The largest absolute Gasteiger partial charge is 0.395 e. The van der Waals surface area contributed by atoms with Gasteiger partial charge in [-0.05, 0) is 13.3 Å². The van der Waals surface area contributed by atoms with Crippen molar-refractivity contribution in [1.82, 2.24) is 0 Å². The van der Waals surface area contributed by atoms with Crippen LogP contribution in [-0.4, -0.2) is 12.4 Å². The Labute approximate surface area is 55.9 Å². The van der Waals surface area contributed by atoms with Crippen LogP contribution in [0.4, 0.5) is 0 Å². The fourth-order valence-electron chi connectivity index (χ4n) is 0.449. The average molecular weight is 130 g/mol. The number of nitrogens with two attached hydrogens (primary N) is 1. The molecule has 0 amide bonds. The normalized spacial score (nSPS) is 11.6. The van der Waals surface area contributed by atoms with E-state index in [2.05, 4.69) is 5.16 Å². The maximum absolute atomic E-state index is 5.40. The monoisotopic (exact) mass is 130 g/mol. The molecule has 0 heterocycles. The van der Waals surface area contributed by atoms with Crippen LogP contribution in [0.2, 0.25) is 0 Å². The van der Waals surface area contributed by atoms with Gasteiger partial charge in [0.05, 0.1) is 0 Å². The zero-order valence-electron chi connectivity index (χ0n) is 6.05. The van der Waals surface area contributed by atoms with Gasteiger partial charge in [-0.15, -0.1) is 0 Å². The van der Waals surface area contributed by atoms with Crippen molar-refractivity contribution < 1.29 is 4.84 Å². The van der Waals surface area contributed by atoms with E-state index in [0.717, 1.165) is 12.8 Å². The lowest BCUT2D eigenvalue weighted by molar-refractivity contribution is 0.157. The molecule has 3 heteroatoms.